The second-order valence-corrected chi connectivity index (χ2v) is 25.6. The van der Waals surface area contributed by atoms with E-state index in [1.54, 1.807) is 33.5 Å². The van der Waals surface area contributed by atoms with E-state index in [-0.39, 0.29) is 101 Å². The largest absolute Gasteiger partial charge is 0.744 e. The molecule has 2 aromatic rings. The highest BCUT2D eigenvalue weighted by molar-refractivity contribution is 7.86. The number of fused-ring (bicyclic) bond motifs is 2. The number of anilines is 2. The summed E-state index contributed by atoms with van der Waals surface area (Å²) in [5.74, 6) is -1.86. The first-order valence-electron chi connectivity index (χ1n) is 32.9. The van der Waals surface area contributed by atoms with Crippen molar-refractivity contribution in [1.29, 1.82) is 0 Å². The van der Waals surface area contributed by atoms with Crippen molar-refractivity contribution in [2.45, 2.75) is 72.6 Å². The highest BCUT2D eigenvalue weighted by Gasteiger charge is 2.47. The standard InChI is InChI=1S/C67H103N3O26S2/c1-66(20-25-84-36-41-92-48-45-88-32-29-80-3)57-53-55(97(74,75)76)13-15-59(57)68(22-27-86-38-43-94-50-47-90-34-31-82-5)61(66)11-9-7-6-8-10-12-62-67(2,21-26-85-37-42-93-49-46-89-33-30-81-4)58-54-56(98(77,78)79)14-16-60(58)69(62)23-28-87-39-44-95-52-51-91-40-35-83-24-19-65(73)96-70-63(71)17-18-64(70)72/h6-16,53-54,61H,17-52H2,1-5H3,(H,74,75,76)(H,77,78,79)/p-1/b7-6+,10-8+,11-9+,62-12+. The summed E-state index contributed by atoms with van der Waals surface area (Å²) in [6.07, 6.45) is 14.1. The molecule has 3 aliphatic rings. The molecule has 3 atom stereocenters. The zero-order valence-corrected chi connectivity index (χ0v) is 59.0. The van der Waals surface area contributed by atoms with Crippen molar-refractivity contribution in [3.05, 3.63) is 95.8 Å². The summed E-state index contributed by atoms with van der Waals surface area (Å²) in [5, 5.41) is 0.494. The Balaban J connectivity index is 1.29. The SMILES string of the molecule is COCCOCCOCCOCCN1c2ccc(S(=O)(=O)O)cc2C(C)(CCOCCOCCOCCOC)C1/C=C/C=C/C=C/C=C1/N(CCOCCOCCOCCOCCC(=O)ON2C(=O)CCC2=O)c2ccc(S(=O)(=O)[O-])cc2C1(C)CCOCCOCCOCCOC. The van der Waals surface area contributed by atoms with Gasteiger partial charge in [-0.25, -0.2) is 13.2 Å². The number of rotatable bonds is 58. The molecule has 0 radical (unpaired) electrons. The monoisotopic (exact) mass is 1430 g/mol. The predicted molar refractivity (Wildman–Crippen MR) is 357 cm³/mol. The Hall–Kier alpha value is -5.21. The topological polar surface area (TPSA) is 329 Å². The van der Waals surface area contributed by atoms with Crippen LogP contribution in [0.15, 0.2) is 94.4 Å². The summed E-state index contributed by atoms with van der Waals surface area (Å²) in [7, 11) is -4.60. The fourth-order valence-electron chi connectivity index (χ4n) is 10.7. The van der Waals surface area contributed by atoms with Gasteiger partial charge in [0, 0.05) is 88.4 Å². The van der Waals surface area contributed by atoms with Gasteiger partial charge in [-0.3, -0.25) is 14.1 Å². The smallest absolute Gasteiger partial charge is 0.335 e. The predicted octanol–water partition coefficient (Wildman–Crippen LogP) is 4.55. The zero-order valence-electron chi connectivity index (χ0n) is 57.4. The maximum Gasteiger partial charge on any atom is 0.335 e. The molecule has 554 valence electrons. The molecule has 1 fully saturated rings. The summed E-state index contributed by atoms with van der Waals surface area (Å²) in [6, 6.07) is 8.66. The van der Waals surface area contributed by atoms with E-state index in [0.717, 1.165) is 11.4 Å². The minimum absolute atomic E-state index is 0.00802. The molecule has 5 rings (SSSR count). The first-order chi connectivity index (χ1) is 47.4. The molecule has 0 bridgehead atoms. The Bertz CT molecular complexity index is 2990. The molecule has 2 amide bonds. The molecule has 0 aliphatic carbocycles. The number of benzene rings is 2. The van der Waals surface area contributed by atoms with Gasteiger partial charge < -0.3 is 95.0 Å². The quantitative estimate of drug-likeness (QED) is 0.0411. The second kappa shape index (κ2) is 47.1. The first kappa shape index (κ1) is 83.5. The maximum absolute atomic E-state index is 12.6. The van der Waals surface area contributed by atoms with Crippen LogP contribution >= 0.6 is 0 Å². The number of hydroxylamine groups is 2. The number of imide groups is 1. The molecule has 3 aliphatic heterocycles. The van der Waals surface area contributed by atoms with Gasteiger partial charge >= 0.3 is 5.97 Å². The van der Waals surface area contributed by atoms with Gasteiger partial charge in [-0.1, -0.05) is 43.4 Å². The molecule has 31 heteroatoms. The number of hydrogen-bond acceptors (Lipinski definition) is 27. The van der Waals surface area contributed by atoms with Crippen LogP contribution in [0.25, 0.3) is 0 Å². The minimum atomic E-state index is -4.84. The van der Waals surface area contributed by atoms with Crippen LogP contribution in [0.3, 0.4) is 0 Å². The van der Waals surface area contributed by atoms with Crippen molar-refractivity contribution in [1.82, 2.24) is 5.06 Å². The molecule has 1 saturated heterocycles. The highest BCUT2D eigenvalue weighted by Crippen LogP contribution is 2.51. The van der Waals surface area contributed by atoms with E-state index < -0.39 is 48.8 Å². The molecule has 3 heterocycles. The van der Waals surface area contributed by atoms with Crippen LogP contribution < -0.4 is 9.80 Å². The normalized spacial score (nSPS) is 18.5. The molecular weight excluding hydrogens is 1330 g/mol. The van der Waals surface area contributed by atoms with Crippen molar-refractivity contribution in [2.24, 2.45) is 0 Å². The molecule has 0 aromatic heterocycles. The lowest BCUT2D eigenvalue weighted by atomic mass is 9.75. The Morgan fingerprint density at radius 3 is 1.38 bits per heavy atom. The number of carbonyl (C=O) groups is 3. The average Bonchev–Trinajstić information content (AvgIpc) is 1.60. The van der Waals surface area contributed by atoms with E-state index in [4.69, 9.17) is 80.6 Å². The zero-order chi connectivity index (χ0) is 70.8. The Morgan fingerprint density at radius 2 is 0.898 bits per heavy atom. The van der Waals surface area contributed by atoms with Crippen LogP contribution in [-0.2, 0) is 126 Å². The van der Waals surface area contributed by atoms with Crippen molar-refractivity contribution in [2.75, 3.05) is 236 Å². The van der Waals surface area contributed by atoms with Gasteiger partial charge in [0.15, 0.2) is 0 Å². The van der Waals surface area contributed by atoms with Crippen molar-refractivity contribution in [3.8, 4) is 0 Å². The van der Waals surface area contributed by atoms with Crippen molar-refractivity contribution >= 4 is 49.4 Å². The van der Waals surface area contributed by atoms with Crippen molar-refractivity contribution in [3.63, 3.8) is 0 Å². The lowest BCUT2D eigenvalue weighted by molar-refractivity contribution is -0.198. The van der Waals surface area contributed by atoms with E-state index in [2.05, 4.69) is 4.90 Å². The fourth-order valence-corrected chi connectivity index (χ4v) is 11.8. The lowest BCUT2D eigenvalue weighted by Crippen LogP contribution is -2.44. The summed E-state index contributed by atoms with van der Waals surface area (Å²) in [6.45, 7) is 14.5. The van der Waals surface area contributed by atoms with Crippen LogP contribution in [0.2, 0.25) is 0 Å². The summed E-state index contributed by atoms with van der Waals surface area (Å²) in [5.41, 5.74) is 1.97. The molecule has 0 saturated carbocycles. The fraction of sp³-hybridized carbons (Fsp3) is 0.657. The number of carbonyl (C=O) groups excluding carboxylic acids is 3. The van der Waals surface area contributed by atoms with Crippen LogP contribution in [-0.4, -0.2) is 281 Å². The van der Waals surface area contributed by atoms with Gasteiger partial charge in [-0.05, 0) is 73.4 Å². The summed E-state index contributed by atoms with van der Waals surface area (Å²) in [4.78, 5) is 43.8. The Labute approximate surface area is 577 Å². The summed E-state index contributed by atoms with van der Waals surface area (Å²) >= 11 is 0. The third-order valence-electron chi connectivity index (χ3n) is 15.9. The number of amides is 2. The van der Waals surface area contributed by atoms with E-state index in [1.165, 1.54) is 24.3 Å². The highest BCUT2D eigenvalue weighted by atomic mass is 32.2. The van der Waals surface area contributed by atoms with Gasteiger partial charge in [0.1, 0.15) is 10.1 Å². The summed E-state index contributed by atoms with van der Waals surface area (Å²) < 4.78 is 163. The van der Waals surface area contributed by atoms with E-state index in [0.29, 0.717) is 173 Å². The molecule has 0 spiro atoms. The molecule has 98 heavy (non-hydrogen) atoms. The van der Waals surface area contributed by atoms with Crippen LogP contribution in [0, 0.1) is 0 Å². The first-order valence-corrected chi connectivity index (χ1v) is 35.8. The van der Waals surface area contributed by atoms with E-state index in [1.807, 2.05) is 61.3 Å². The van der Waals surface area contributed by atoms with Gasteiger partial charge in [-0.15, -0.1) is 5.06 Å². The minimum Gasteiger partial charge on any atom is -0.744 e. The second-order valence-electron chi connectivity index (χ2n) is 22.8. The third-order valence-corrected chi connectivity index (χ3v) is 17.6. The van der Waals surface area contributed by atoms with E-state index in [9.17, 15) is 40.3 Å². The number of allylic oxidation sites excluding steroid dienone is 7. The van der Waals surface area contributed by atoms with Gasteiger partial charge in [-0.2, -0.15) is 8.42 Å². The number of nitrogens with zero attached hydrogens (tertiary/aromatic N) is 3. The third kappa shape index (κ3) is 29.4. The van der Waals surface area contributed by atoms with Gasteiger partial charge in [0.2, 0.25) is 0 Å². The Kier molecular flexibility index (Phi) is 40.1. The molecular formula is C67H102N3O26S2-. The Morgan fingerprint density at radius 1 is 0.500 bits per heavy atom. The molecule has 2 aromatic carbocycles. The van der Waals surface area contributed by atoms with Crippen LogP contribution in [0.5, 0.6) is 0 Å². The van der Waals surface area contributed by atoms with Crippen LogP contribution in [0.1, 0.15) is 57.1 Å². The number of hydrogen-bond donors (Lipinski definition) is 1. The molecule has 3 unspecified atom stereocenters. The average molecular weight is 1430 g/mol. The lowest BCUT2D eigenvalue weighted by Gasteiger charge is -2.35. The van der Waals surface area contributed by atoms with Gasteiger partial charge in [0.05, 0.1) is 201 Å². The van der Waals surface area contributed by atoms with Crippen molar-refractivity contribution < 1.29 is 121 Å². The molecule has 1 N–H and O–H groups in total. The van der Waals surface area contributed by atoms with Gasteiger partial charge in [0.25, 0.3) is 21.9 Å². The van der Waals surface area contributed by atoms with E-state index >= 15 is 0 Å². The maximum atomic E-state index is 12.6. The van der Waals surface area contributed by atoms with Crippen LogP contribution in [0.4, 0.5) is 11.4 Å². The molecule has 29 nitrogen and oxygen atoms in total. The number of ether oxygens (including phenoxy) is 16. The number of methoxy groups -OCH3 is 3.